The maximum absolute atomic E-state index is 10.5. The minimum absolute atomic E-state index is 0.188. The summed E-state index contributed by atoms with van der Waals surface area (Å²) in [6.45, 7) is 6.87. The molecule has 0 aliphatic rings. The fraction of sp³-hybridized carbons (Fsp3) is 0.700. The molecular weight excluding hydrogens is 243 g/mol. The maximum atomic E-state index is 10.5. The van der Waals surface area contributed by atoms with Crippen LogP contribution in [0.5, 0.6) is 0 Å². The minimum Gasteiger partial charge on any atom is -0.338 e. The molecule has 0 radical (unpaired) electrons. The van der Waals surface area contributed by atoms with Gasteiger partial charge in [-0.2, -0.15) is 0 Å². The third-order valence-corrected chi connectivity index (χ3v) is 2.79. The minimum atomic E-state index is -3.69. The second-order valence-corrected chi connectivity index (χ2v) is 4.56. The monoisotopic (exact) mass is 264 g/mol. The zero-order chi connectivity index (χ0) is 13.1. The molecule has 17 heavy (non-hydrogen) atoms. The molecule has 0 spiro atoms. The highest BCUT2D eigenvalue weighted by atomic mass is 31.2. The Morgan fingerprint density at radius 3 is 2.24 bits per heavy atom. The van der Waals surface area contributed by atoms with Crippen LogP contribution in [0.25, 0.3) is 0 Å². The van der Waals surface area contributed by atoms with E-state index in [0.717, 1.165) is 6.54 Å². The lowest BCUT2D eigenvalue weighted by atomic mass is 10.5. The van der Waals surface area contributed by atoms with Crippen molar-refractivity contribution in [2.75, 3.05) is 13.2 Å². The quantitative estimate of drug-likeness (QED) is 0.799. The predicted octanol–water partition coefficient (Wildman–Crippen LogP) is 2.45. The van der Waals surface area contributed by atoms with Crippen molar-refractivity contribution < 1.29 is 18.5 Å². The molecule has 1 heterocycles. The molecule has 0 aliphatic carbocycles. The van der Waals surface area contributed by atoms with Crippen LogP contribution in [0.15, 0.2) is 18.7 Å². The zero-order valence-electron chi connectivity index (χ0n) is 10.6. The smallest absolute Gasteiger partial charge is 0.338 e. The largest absolute Gasteiger partial charge is 0.472 e. The van der Waals surface area contributed by atoms with E-state index in [1.807, 2.05) is 12.5 Å². The van der Waals surface area contributed by atoms with Crippen LogP contribution in [0.4, 0.5) is 0 Å². The molecule has 1 rings (SSSR count). The summed E-state index contributed by atoms with van der Waals surface area (Å²) < 4.78 is 21.3. The number of nitrogens with zero attached hydrogens (tertiary/aromatic N) is 2. The molecule has 1 aromatic rings. The third kappa shape index (κ3) is 9.06. The Labute approximate surface area is 102 Å². The summed E-state index contributed by atoms with van der Waals surface area (Å²) in [6, 6.07) is 0. The highest BCUT2D eigenvalue weighted by molar-refractivity contribution is 7.47. The van der Waals surface area contributed by atoms with Crippen LogP contribution in [0.3, 0.4) is 0 Å². The molecule has 0 bridgehead atoms. The lowest BCUT2D eigenvalue weighted by Gasteiger charge is -2.07. The normalized spacial score (nSPS) is 10.8. The van der Waals surface area contributed by atoms with Crippen LogP contribution >= 0.6 is 7.82 Å². The van der Waals surface area contributed by atoms with E-state index >= 15 is 0 Å². The Bertz CT molecular complexity index is 306. The van der Waals surface area contributed by atoms with E-state index in [1.165, 1.54) is 6.42 Å². The highest BCUT2D eigenvalue weighted by Gasteiger charge is 2.17. The van der Waals surface area contributed by atoms with Crippen molar-refractivity contribution in [2.24, 2.45) is 0 Å². The van der Waals surface area contributed by atoms with Gasteiger partial charge in [-0.25, -0.2) is 9.55 Å². The molecule has 1 N–H and O–H groups in total. The average molecular weight is 264 g/mol. The number of aryl methyl sites for hydroxylation is 1. The lowest BCUT2D eigenvalue weighted by Crippen LogP contribution is -1.93. The average Bonchev–Trinajstić information content (AvgIpc) is 2.71. The lowest BCUT2D eigenvalue weighted by molar-refractivity contribution is 0.161. The zero-order valence-corrected chi connectivity index (χ0v) is 11.5. The van der Waals surface area contributed by atoms with Crippen molar-refractivity contribution in [1.29, 1.82) is 0 Å². The van der Waals surface area contributed by atoms with Gasteiger partial charge in [-0.15, -0.1) is 0 Å². The molecule has 0 unspecified atom stereocenters. The Balaban J connectivity index is 0.000000302. The second-order valence-electron chi connectivity index (χ2n) is 3.10. The molecule has 1 aromatic heterocycles. The van der Waals surface area contributed by atoms with E-state index in [9.17, 15) is 4.57 Å². The Hall–Kier alpha value is -0.680. The topological polar surface area (TPSA) is 73.6 Å². The maximum Gasteiger partial charge on any atom is 0.472 e. The van der Waals surface area contributed by atoms with Crippen LogP contribution in [0.1, 0.15) is 27.2 Å². The van der Waals surface area contributed by atoms with Crippen LogP contribution in [-0.4, -0.2) is 27.7 Å². The Kier molecular flexibility index (Phi) is 8.99. The fourth-order valence-electron chi connectivity index (χ4n) is 1.04. The predicted molar refractivity (Wildman–Crippen MR) is 65.6 cm³/mol. The molecule has 0 amide bonds. The van der Waals surface area contributed by atoms with Gasteiger partial charge in [0.25, 0.3) is 0 Å². The van der Waals surface area contributed by atoms with Crippen molar-refractivity contribution >= 4 is 7.82 Å². The second kappa shape index (κ2) is 9.36. The molecule has 0 fully saturated rings. The van der Waals surface area contributed by atoms with Crippen LogP contribution in [0.2, 0.25) is 0 Å². The number of phosphoric acid groups is 1. The highest BCUT2D eigenvalue weighted by Crippen LogP contribution is 2.42. The molecule has 6 nitrogen and oxygen atoms in total. The van der Waals surface area contributed by atoms with Gasteiger partial charge in [-0.05, 0) is 20.3 Å². The standard InChI is InChI=1S/C6H10N2.C4H11O4P/c1-2-4-8-5-3-7-6-8;1-3-7-9(5,6)8-4-2/h3,5-6H,2,4H2,1H3;3-4H2,1-2H3,(H,5,6). The van der Waals surface area contributed by atoms with Gasteiger partial charge >= 0.3 is 7.82 Å². The fourth-order valence-corrected chi connectivity index (χ4v) is 1.77. The molecule has 0 saturated carbocycles. The molecule has 0 atom stereocenters. The molecule has 0 saturated heterocycles. The van der Waals surface area contributed by atoms with Gasteiger partial charge in [0.1, 0.15) is 0 Å². The van der Waals surface area contributed by atoms with Gasteiger partial charge < -0.3 is 9.46 Å². The summed E-state index contributed by atoms with van der Waals surface area (Å²) in [5.74, 6) is 0. The van der Waals surface area contributed by atoms with Gasteiger partial charge in [0.2, 0.25) is 0 Å². The van der Waals surface area contributed by atoms with Gasteiger partial charge in [0.05, 0.1) is 19.5 Å². The van der Waals surface area contributed by atoms with E-state index in [0.29, 0.717) is 0 Å². The first-order chi connectivity index (χ1) is 8.05. The molecule has 100 valence electrons. The van der Waals surface area contributed by atoms with Gasteiger partial charge in [0.15, 0.2) is 0 Å². The van der Waals surface area contributed by atoms with Crippen molar-refractivity contribution in [3.8, 4) is 0 Å². The number of aromatic nitrogens is 2. The number of hydrogen-bond donors (Lipinski definition) is 1. The summed E-state index contributed by atoms with van der Waals surface area (Å²) in [6.07, 6.45) is 6.79. The van der Waals surface area contributed by atoms with E-state index in [2.05, 4.69) is 25.5 Å². The van der Waals surface area contributed by atoms with Gasteiger partial charge in [0, 0.05) is 18.9 Å². The van der Waals surface area contributed by atoms with E-state index in [-0.39, 0.29) is 13.2 Å². The summed E-state index contributed by atoms with van der Waals surface area (Å²) in [5.41, 5.74) is 0. The van der Waals surface area contributed by atoms with Crippen LogP contribution in [0, 0.1) is 0 Å². The molecule has 7 heteroatoms. The summed E-state index contributed by atoms with van der Waals surface area (Å²) in [5, 5.41) is 0. The number of rotatable bonds is 6. The van der Waals surface area contributed by atoms with Crippen LogP contribution < -0.4 is 0 Å². The van der Waals surface area contributed by atoms with E-state index < -0.39 is 7.82 Å². The van der Waals surface area contributed by atoms with Gasteiger partial charge in [-0.3, -0.25) is 9.05 Å². The number of hydrogen-bond acceptors (Lipinski definition) is 4. The first-order valence-electron chi connectivity index (χ1n) is 5.63. The van der Waals surface area contributed by atoms with Crippen molar-refractivity contribution in [3.63, 3.8) is 0 Å². The number of phosphoric ester groups is 1. The third-order valence-electron chi connectivity index (χ3n) is 1.63. The first-order valence-corrected chi connectivity index (χ1v) is 7.12. The summed E-state index contributed by atoms with van der Waals surface area (Å²) >= 11 is 0. The van der Waals surface area contributed by atoms with Gasteiger partial charge in [-0.1, -0.05) is 6.92 Å². The van der Waals surface area contributed by atoms with Crippen molar-refractivity contribution in [3.05, 3.63) is 18.7 Å². The molecule has 0 aliphatic heterocycles. The Morgan fingerprint density at radius 1 is 1.29 bits per heavy atom. The van der Waals surface area contributed by atoms with E-state index in [4.69, 9.17) is 4.89 Å². The molecule has 0 aromatic carbocycles. The Morgan fingerprint density at radius 2 is 1.88 bits per heavy atom. The van der Waals surface area contributed by atoms with Crippen molar-refractivity contribution in [2.45, 2.75) is 33.7 Å². The SMILES string of the molecule is CCCn1ccnc1.CCOP(=O)(O)OCC. The molecular formula is C10H21N2O4P. The van der Waals surface area contributed by atoms with Crippen LogP contribution in [-0.2, 0) is 20.2 Å². The summed E-state index contributed by atoms with van der Waals surface area (Å²) in [4.78, 5) is 12.5. The number of imidazole rings is 1. The van der Waals surface area contributed by atoms with E-state index in [1.54, 1.807) is 20.0 Å². The first kappa shape index (κ1) is 16.3. The summed E-state index contributed by atoms with van der Waals surface area (Å²) in [7, 11) is -3.69. The van der Waals surface area contributed by atoms with Crippen molar-refractivity contribution in [1.82, 2.24) is 9.55 Å².